The van der Waals surface area contributed by atoms with Gasteiger partial charge < -0.3 is 0 Å². The number of rotatable bonds is 2. The average Bonchev–Trinajstić information content (AvgIpc) is 2.86. The Balaban J connectivity index is 2.06. The van der Waals surface area contributed by atoms with E-state index in [9.17, 15) is 0 Å². The summed E-state index contributed by atoms with van der Waals surface area (Å²) in [6.45, 7) is 0.650. The van der Waals surface area contributed by atoms with Gasteiger partial charge in [0.15, 0.2) is 0 Å². The average molecular weight is 339 g/mol. The fraction of sp³-hybridized carbons (Fsp3) is 0.182. The van der Waals surface area contributed by atoms with Gasteiger partial charge in [0.2, 0.25) is 3.83 Å². The number of fused-ring (bicyclic) bond motifs is 1. The van der Waals surface area contributed by atoms with Crippen LogP contribution < -0.4 is 0 Å². The molecule has 0 bridgehead atoms. The Labute approximate surface area is 112 Å². The third-order valence-corrected chi connectivity index (χ3v) is 3.15. The van der Waals surface area contributed by atoms with Gasteiger partial charge in [-0.05, 0) is 6.07 Å². The van der Waals surface area contributed by atoms with E-state index in [1.165, 1.54) is 5.39 Å². The standard InChI is InChI=1S/C11H10IN5/c1-16-10-5-3-2-4-8(10)9(14-16)6-17-7-13-11(12)15-17/h2-5,7H,6H2,1H3. The van der Waals surface area contributed by atoms with Gasteiger partial charge in [-0.25, -0.2) is 9.67 Å². The first-order valence-electron chi connectivity index (χ1n) is 5.19. The zero-order valence-electron chi connectivity index (χ0n) is 9.21. The molecule has 0 radical (unpaired) electrons. The molecule has 0 N–H and O–H groups in total. The van der Waals surface area contributed by atoms with E-state index in [1.54, 1.807) is 11.0 Å². The van der Waals surface area contributed by atoms with Gasteiger partial charge in [0.05, 0.1) is 17.8 Å². The van der Waals surface area contributed by atoms with Crippen LogP contribution in [0.15, 0.2) is 30.6 Å². The molecule has 0 aliphatic rings. The normalized spacial score (nSPS) is 11.2. The molecule has 0 atom stereocenters. The van der Waals surface area contributed by atoms with Crippen molar-refractivity contribution in [3.63, 3.8) is 0 Å². The van der Waals surface area contributed by atoms with Gasteiger partial charge in [-0.15, -0.1) is 5.10 Å². The Morgan fingerprint density at radius 2 is 2.06 bits per heavy atom. The molecule has 0 aliphatic heterocycles. The second-order valence-electron chi connectivity index (χ2n) is 3.80. The van der Waals surface area contributed by atoms with Crippen molar-refractivity contribution in [2.24, 2.45) is 7.05 Å². The molecule has 86 valence electrons. The van der Waals surface area contributed by atoms with Crippen molar-refractivity contribution in [2.75, 3.05) is 0 Å². The van der Waals surface area contributed by atoms with Gasteiger partial charge in [0, 0.05) is 35.0 Å². The monoisotopic (exact) mass is 339 g/mol. The maximum atomic E-state index is 4.52. The van der Waals surface area contributed by atoms with Crippen molar-refractivity contribution in [1.29, 1.82) is 0 Å². The maximum Gasteiger partial charge on any atom is 0.211 e. The van der Waals surface area contributed by atoms with Crippen molar-refractivity contribution in [3.8, 4) is 0 Å². The van der Waals surface area contributed by atoms with Gasteiger partial charge >= 0.3 is 0 Å². The van der Waals surface area contributed by atoms with Gasteiger partial charge in [-0.1, -0.05) is 18.2 Å². The highest BCUT2D eigenvalue weighted by atomic mass is 127. The second-order valence-corrected chi connectivity index (χ2v) is 4.76. The van der Waals surface area contributed by atoms with Gasteiger partial charge in [0.25, 0.3) is 0 Å². The van der Waals surface area contributed by atoms with Crippen LogP contribution in [-0.4, -0.2) is 24.5 Å². The number of para-hydroxylation sites is 1. The second kappa shape index (κ2) is 4.10. The van der Waals surface area contributed by atoms with E-state index in [4.69, 9.17) is 0 Å². The molecule has 0 aliphatic carbocycles. The summed E-state index contributed by atoms with van der Waals surface area (Å²) in [5.41, 5.74) is 2.15. The van der Waals surface area contributed by atoms with Gasteiger partial charge in [-0.2, -0.15) is 5.10 Å². The van der Waals surface area contributed by atoms with E-state index in [1.807, 2.05) is 23.9 Å². The van der Waals surface area contributed by atoms with E-state index in [-0.39, 0.29) is 0 Å². The molecule has 0 spiro atoms. The Bertz CT molecular complexity index is 669. The van der Waals surface area contributed by atoms with Crippen molar-refractivity contribution in [1.82, 2.24) is 24.5 Å². The van der Waals surface area contributed by atoms with Crippen LogP contribution in [0, 0.1) is 3.83 Å². The first kappa shape index (κ1) is 10.7. The largest absolute Gasteiger partial charge is 0.268 e. The first-order valence-corrected chi connectivity index (χ1v) is 6.27. The zero-order chi connectivity index (χ0) is 11.8. The Morgan fingerprint density at radius 3 is 2.82 bits per heavy atom. The third-order valence-electron chi connectivity index (χ3n) is 2.65. The molecular weight excluding hydrogens is 329 g/mol. The lowest BCUT2D eigenvalue weighted by Crippen LogP contribution is -2.02. The van der Waals surface area contributed by atoms with E-state index in [0.717, 1.165) is 15.0 Å². The Kier molecular flexibility index (Phi) is 2.58. The predicted octanol–water partition coefficient (Wildman–Crippen LogP) is 1.82. The zero-order valence-corrected chi connectivity index (χ0v) is 11.4. The highest BCUT2D eigenvalue weighted by Crippen LogP contribution is 2.17. The topological polar surface area (TPSA) is 48.5 Å². The molecule has 3 rings (SSSR count). The number of halogens is 1. The highest BCUT2D eigenvalue weighted by Gasteiger charge is 2.08. The number of benzene rings is 1. The smallest absolute Gasteiger partial charge is 0.211 e. The molecule has 0 saturated heterocycles. The quantitative estimate of drug-likeness (QED) is 0.669. The van der Waals surface area contributed by atoms with Crippen molar-refractivity contribution >= 4 is 33.5 Å². The summed E-state index contributed by atoms with van der Waals surface area (Å²) in [6, 6.07) is 8.20. The molecule has 5 nitrogen and oxygen atoms in total. The molecule has 2 aromatic heterocycles. The summed E-state index contributed by atoms with van der Waals surface area (Å²) in [5, 5.41) is 9.95. The molecule has 3 aromatic rings. The number of aromatic nitrogens is 5. The van der Waals surface area contributed by atoms with Crippen LogP contribution in [0.25, 0.3) is 10.9 Å². The third kappa shape index (κ3) is 1.92. The van der Waals surface area contributed by atoms with Crippen LogP contribution in [0.4, 0.5) is 0 Å². The number of aryl methyl sites for hydroxylation is 1. The number of hydrogen-bond acceptors (Lipinski definition) is 3. The minimum atomic E-state index is 0.650. The summed E-state index contributed by atoms with van der Waals surface area (Å²) in [4.78, 5) is 4.10. The lowest BCUT2D eigenvalue weighted by molar-refractivity contribution is 0.650. The molecule has 0 unspecified atom stereocenters. The molecule has 6 heteroatoms. The fourth-order valence-corrected chi connectivity index (χ4v) is 2.31. The van der Waals surface area contributed by atoms with Gasteiger partial charge in [-0.3, -0.25) is 4.68 Å². The lowest BCUT2D eigenvalue weighted by atomic mass is 10.2. The Hall–Kier alpha value is -1.44. The molecule has 2 heterocycles. The summed E-state index contributed by atoms with van der Waals surface area (Å²) >= 11 is 2.10. The summed E-state index contributed by atoms with van der Waals surface area (Å²) in [6.07, 6.45) is 1.73. The molecule has 0 saturated carbocycles. The molecule has 0 amide bonds. The molecule has 1 aromatic carbocycles. The summed E-state index contributed by atoms with van der Waals surface area (Å²) < 4.78 is 4.45. The highest BCUT2D eigenvalue weighted by molar-refractivity contribution is 14.1. The molecule has 17 heavy (non-hydrogen) atoms. The predicted molar refractivity (Wildman–Crippen MR) is 72.6 cm³/mol. The minimum absolute atomic E-state index is 0.650. The maximum absolute atomic E-state index is 4.52. The van der Waals surface area contributed by atoms with E-state index in [2.05, 4.69) is 49.9 Å². The SMILES string of the molecule is Cn1nc(Cn2cnc(I)n2)c2ccccc21. The number of nitrogens with zero attached hydrogens (tertiary/aromatic N) is 5. The fourth-order valence-electron chi connectivity index (χ4n) is 1.91. The van der Waals surface area contributed by atoms with Crippen molar-refractivity contribution in [3.05, 3.63) is 40.1 Å². The van der Waals surface area contributed by atoms with E-state index >= 15 is 0 Å². The van der Waals surface area contributed by atoms with Crippen LogP contribution in [0.5, 0.6) is 0 Å². The van der Waals surface area contributed by atoms with Crippen LogP contribution in [0.1, 0.15) is 5.69 Å². The van der Waals surface area contributed by atoms with Gasteiger partial charge in [0.1, 0.15) is 6.33 Å². The minimum Gasteiger partial charge on any atom is -0.268 e. The number of hydrogen-bond donors (Lipinski definition) is 0. The molecule has 0 fully saturated rings. The Morgan fingerprint density at radius 1 is 1.24 bits per heavy atom. The van der Waals surface area contributed by atoms with Crippen LogP contribution in [0.3, 0.4) is 0 Å². The van der Waals surface area contributed by atoms with E-state index < -0.39 is 0 Å². The summed E-state index contributed by atoms with van der Waals surface area (Å²) in [7, 11) is 1.96. The first-order chi connectivity index (χ1) is 8.24. The van der Waals surface area contributed by atoms with Crippen LogP contribution in [0.2, 0.25) is 0 Å². The van der Waals surface area contributed by atoms with Crippen molar-refractivity contribution in [2.45, 2.75) is 6.54 Å². The lowest BCUT2D eigenvalue weighted by Gasteiger charge is -1.96. The van der Waals surface area contributed by atoms with E-state index in [0.29, 0.717) is 6.54 Å². The van der Waals surface area contributed by atoms with Crippen LogP contribution in [-0.2, 0) is 13.6 Å². The van der Waals surface area contributed by atoms with Crippen molar-refractivity contribution < 1.29 is 0 Å². The van der Waals surface area contributed by atoms with Crippen LogP contribution >= 0.6 is 22.6 Å². The summed E-state index contributed by atoms with van der Waals surface area (Å²) in [5.74, 6) is 0. The molecular formula is C11H10IN5.